The molecule has 5 nitrogen and oxygen atoms in total. The van der Waals surface area contributed by atoms with Gasteiger partial charge in [-0.1, -0.05) is 46.3 Å². The molecule has 0 radical (unpaired) electrons. The van der Waals surface area contributed by atoms with Gasteiger partial charge in [0.1, 0.15) is 17.5 Å². The first-order valence-electron chi connectivity index (χ1n) is 10.2. The Bertz CT molecular complexity index is 672. The summed E-state index contributed by atoms with van der Waals surface area (Å²) in [6.45, 7) is 8.91. The van der Waals surface area contributed by atoms with Gasteiger partial charge in [0, 0.05) is 0 Å². The van der Waals surface area contributed by atoms with Crippen molar-refractivity contribution >= 4 is 27.9 Å². The Kier molecular flexibility index (Phi) is 12.1. The molecule has 0 aliphatic heterocycles. The van der Waals surface area contributed by atoms with Crippen LogP contribution in [0.3, 0.4) is 0 Å². The van der Waals surface area contributed by atoms with Crippen LogP contribution in [0.2, 0.25) is 0 Å². The number of nitrogens with zero attached hydrogens (tertiary/aromatic N) is 1. The van der Waals surface area contributed by atoms with Crippen LogP contribution in [0.15, 0.2) is 30.3 Å². The van der Waals surface area contributed by atoms with E-state index in [4.69, 9.17) is 9.47 Å². The molecule has 0 bridgehead atoms. The predicted molar refractivity (Wildman–Crippen MR) is 120 cm³/mol. The molecule has 2 unspecified atom stereocenters. The second kappa shape index (κ2) is 12.4. The number of likely N-dealkylation sites (N-methyl/N-ethyl adjacent to an activating group) is 1. The number of ether oxygens (including phenoxy) is 2. The summed E-state index contributed by atoms with van der Waals surface area (Å²) in [7, 11) is 6.18. The third-order valence-corrected chi connectivity index (χ3v) is 5.55. The van der Waals surface area contributed by atoms with Gasteiger partial charge in [-0.3, -0.25) is 9.59 Å². The number of rotatable bonds is 11. The summed E-state index contributed by atoms with van der Waals surface area (Å²) >= 11 is 3.61. The van der Waals surface area contributed by atoms with Crippen molar-refractivity contribution in [3.05, 3.63) is 35.9 Å². The van der Waals surface area contributed by atoms with Crippen molar-refractivity contribution in [2.45, 2.75) is 50.8 Å². The molecule has 0 amide bonds. The molecule has 0 spiro atoms. The molecule has 0 aliphatic rings. The fourth-order valence-corrected chi connectivity index (χ4v) is 3.67. The number of benzene rings is 1. The van der Waals surface area contributed by atoms with Gasteiger partial charge in [-0.15, -0.1) is 0 Å². The normalized spacial score (nSPS) is 14.8. The fourth-order valence-electron chi connectivity index (χ4n) is 3.17. The van der Waals surface area contributed by atoms with Gasteiger partial charge in [-0.25, -0.2) is 0 Å². The van der Waals surface area contributed by atoms with E-state index in [1.165, 1.54) is 0 Å². The number of quaternary nitrogens is 1. The lowest BCUT2D eigenvalue weighted by Crippen LogP contribution is -3.00. The zero-order chi connectivity index (χ0) is 22.3. The maximum Gasteiger partial charge on any atom is 0.322 e. The minimum atomic E-state index is -0.844. The third kappa shape index (κ3) is 10.1. The quantitative estimate of drug-likeness (QED) is 0.168. The zero-order valence-electron chi connectivity index (χ0n) is 19.3. The van der Waals surface area contributed by atoms with E-state index in [9.17, 15) is 9.59 Å². The molecule has 0 N–H and O–H groups in total. The molecule has 0 aliphatic carbocycles. The second-order valence-electron chi connectivity index (χ2n) is 9.47. The first-order chi connectivity index (χ1) is 13.3. The average molecular weight is 598 g/mol. The van der Waals surface area contributed by atoms with Crippen molar-refractivity contribution in [1.82, 2.24) is 0 Å². The number of carbonyl (C=O) groups is 2. The molecule has 172 valence electrons. The lowest BCUT2D eigenvalue weighted by molar-refractivity contribution is -0.870. The Balaban J connectivity index is 0.00000841. The van der Waals surface area contributed by atoms with E-state index in [0.717, 1.165) is 16.6 Å². The molecule has 7 heteroatoms. The van der Waals surface area contributed by atoms with Crippen molar-refractivity contribution < 1.29 is 47.5 Å². The van der Waals surface area contributed by atoms with Crippen molar-refractivity contribution in [2.24, 2.45) is 5.41 Å². The smallest absolute Gasteiger partial charge is 0.322 e. The van der Waals surface area contributed by atoms with Crippen LogP contribution in [0, 0.1) is 5.41 Å². The third-order valence-electron chi connectivity index (χ3n) is 4.91. The predicted octanol–water partition coefficient (Wildman–Crippen LogP) is 1.55. The van der Waals surface area contributed by atoms with Crippen LogP contribution in [-0.2, 0) is 19.1 Å². The molecular formula is C23H37BrINO4. The van der Waals surface area contributed by atoms with E-state index in [1.54, 1.807) is 0 Å². The van der Waals surface area contributed by atoms with E-state index in [2.05, 4.69) is 37.1 Å². The summed E-state index contributed by atoms with van der Waals surface area (Å²) in [6, 6.07) is 9.99. The molecule has 0 saturated heterocycles. The van der Waals surface area contributed by atoms with E-state index in [-0.39, 0.29) is 41.8 Å². The SMILES string of the molecule is CCOC(=O)C(C)(C)CC(CC(C)(Br)C(=O)OCC[N+](C)(C)C)c1ccccc1.[I-]. The lowest BCUT2D eigenvalue weighted by Gasteiger charge is -2.32. The minimum absolute atomic E-state index is 0. The van der Waals surface area contributed by atoms with Gasteiger partial charge in [-0.2, -0.15) is 0 Å². The van der Waals surface area contributed by atoms with Crippen LogP contribution < -0.4 is 24.0 Å². The molecule has 1 aromatic rings. The van der Waals surface area contributed by atoms with Crippen LogP contribution in [0.25, 0.3) is 0 Å². The Morgan fingerprint density at radius 1 is 1.00 bits per heavy atom. The summed E-state index contributed by atoms with van der Waals surface area (Å²) in [5.41, 5.74) is 0.433. The second-order valence-corrected chi connectivity index (χ2v) is 11.2. The number of halogens is 2. The number of hydrogen-bond acceptors (Lipinski definition) is 4. The summed E-state index contributed by atoms with van der Waals surface area (Å²) in [5.74, 6) is -0.505. The van der Waals surface area contributed by atoms with E-state index in [1.807, 2.05) is 58.0 Å². The standard InChI is InChI=1S/C23H37BrNO4.HI/c1-8-28-20(26)22(2,3)16-19(18-12-10-9-11-13-18)17-23(4,24)21(27)29-15-14-25(5,6)7;/h9-13,19H,8,14-17H2,1-7H3;1H/q+1;/p-1. The van der Waals surface area contributed by atoms with Gasteiger partial charge in [0.05, 0.1) is 33.2 Å². The molecule has 1 aromatic carbocycles. The maximum atomic E-state index is 12.8. The molecule has 2 atom stereocenters. The van der Waals surface area contributed by atoms with Crippen molar-refractivity contribution in [1.29, 1.82) is 0 Å². The van der Waals surface area contributed by atoms with Crippen LogP contribution >= 0.6 is 15.9 Å². The van der Waals surface area contributed by atoms with Crippen LogP contribution in [0.1, 0.15) is 52.0 Å². The van der Waals surface area contributed by atoms with Gasteiger partial charge in [-0.05, 0) is 52.0 Å². The highest BCUT2D eigenvalue weighted by atomic mass is 127. The summed E-state index contributed by atoms with van der Waals surface area (Å²) in [4.78, 5) is 25.2. The monoisotopic (exact) mass is 597 g/mol. The van der Waals surface area contributed by atoms with Crippen LogP contribution in [0.4, 0.5) is 0 Å². The van der Waals surface area contributed by atoms with Crippen molar-refractivity contribution in [3.63, 3.8) is 0 Å². The largest absolute Gasteiger partial charge is 1.00 e. The molecule has 1 rings (SSSR count). The lowest BCUT2D eigenvalue weighted by atomic mass is 9.76. The van der Waals surface area contributed by atoms with Gasteiger partial charge in [0.2, 0.25) is 0 Å². The van der Waals surface area contributed by atoms with E-state index in [0.29, 0.717) is 26.1 Å². The number of alkyl halides is 1. The number of carbonyl (C=O) groups excluding carboxylic acids is 2. The van der Waals surface area contributed by atoms with E-state index >= 15 is 0 Å². The van der Waals surface area contributed by atoms with E-state index < -0.39 is 9.74 Å². The Morgan fingerprint density at radius 3 is 2.07 bits per heavy atom. The molecule has 0 saturated carbocycles. The average Bonchev–Trinajstić information content (AvgIpc) is 2.60. The maximum absolute atomic E-state index is 12.8. The molecule has 0 fully saturated rings. The zero-order valence-corrected chi connectivity index (χ0v) is 23.1. The number of hydrogen-bond donors (Lipinski definition) is 0. The highest BCUT2D eigenvalue weighted by molar-refractivity contribution is 9.10. The molecule has 0 heterocycles. The summed E-state index contributed by atoms with van der Waals surface area (Å²) in [5, 5.41) is 0. The summed E-state index contributed by atoms with van der Waals surface area (Å²) < 4.78 is 10.7. The highest BCUT2D eigenvalue weighted by Gasteiger charge is 2.39. The Morgan fingerprint density at radius 2 is 1.57 bits per heavy atom. The minimum Gasteiger partial charge on any atom is -1.00 e. The molecule has 0 aromatic heterocycles. The summed E-state index contributed by atoms with van der Waals surface area (Å²) in [6.07, 6.45) is 1.09. The van der Waals surface area contributed by atoms with Gasteiger partial charge >= 0.3 is 11.9 Å². The topological polar surface area (TPSA) is 52.6 Å². The van der Waals surface area contributed by atoms with Gasteiger partial charge < -0.3 is 37.9 Å². The number of esters is 2. The fraction of sp³-hybridized carbons (Fsp3) is 0.652. The Hall–Kier alpha value is -0.670. The van der Waals surface area contributed by atoms with Gasteiger partial charge in [0.25, 0.3) is 0 Å². The molecule has 30 heavy (non-hydrogen) atoms. The first kappa shape index (κ1) is 29.3. The highest BCUT2D eigenvalue weighted by Crippen LogP contribution is 2.40. The van der Waals surface area contributed by atoms with Crippen molar-refractivity contribution in [3.8, 4) is 0 Å². The molecular weight excluding hydrogens is 561 g/mol. The van der Waals surface area contributed by atoms with Crippen molar-refractivity contribution in [2.75, 3.05) is 40.9 Å². The van der Waals surface area contributed by atoms with Crippen LogP contribution in [0.5, 0.6) is 0 Å². The van der Waals surface area contributed by atoms with Gasteiger partial charge in [0.15, 0.2) is 0 Å². The Labute approximate surface area is 207 Å². The van der Waals surface area contributed by atoms with Crippen LogP contribution in [-0.4, -0.2) is 61.6 Å². The first-order valence-corrected chi connectivity index (χ1v) is 11.0.